The van der Waals surface area contributed by atoms with E-state index >= 15 is 0 Å². The molecular weight excluding hydrogens is 294 g/mol. The summed E-state index contributed by atoms with van der Waals surface area (Å²) < 4.78 is 5.16. The van der Waals surface area contributed by atoms with Crippen LogP contribution in [0, 0.1) is 0 Å². The van der Waals surface area contributed by atoms with Crippen molar-refractivity contribution in [3.63, 3.8) is 0 Å². The molecule has 0 atom stereocenters. The lowest BCUT2D eigenvalue weighted by Crippen LogP contribution is -2.37. The Bertz CT molecular complexity index is 581. The average molecular weight is 317 g/mol. The maximum absolute atomic E-state index is 5.16. The van der Waals surface area contributed by atoms with E-state index in [1.807, 2.05) is 0 Å². The van der Waals surface area contributed by atoms with Crippen molar-refractivity contribution < 1.29 is 4.74 Å². The lowest BCUT2D eigenvalue weighted by atomic mass is 10.1. The van der Waals surface area contributed by atoms with Crippen LogP contribution >= 0.6 is 11.3 Å². The van der Waals surface area contributed by atoms with E-state index in [2.05, 4.69) is 57.4 Å². The Labute approximate surface area is 136 Å². The van der Waals surface area contributed by atoms with E-state index in [0.29, 0.717) is 6.61 Å². The van der Waals surface area contributed by atoms with Gasteiger partial charge in [0.2, 0.25) is 0 Å². The smallest absolute Gasteiger partial charge is 0.191 e. The van der Waals surface area contributed by atoms with Crippen LogP contribution in [0.5, 0.6) is 0 Å². The number of methoxy groups -OCH3 is 1. The fraction of sp³-hybridized carbons (Fsp3) is 0.353. The number of guanidine groups is 1. The summed E-state index contributed by atoms with van der Waals surface area (Å²) in [6.45, 7) is 2.27. The fourth-order valence-electron chi connectivity index (χ4n) is 2.16. The van der Waals surface area contributed by atoms with Gasteiger partial charge in [-0.15, -0.1) is 11.3 Å². The van der Waals surface area contributed by atoms with Gasteiger partial charge in [-0.1, -0.05) is 30.3 Å². The Balaban J connectivity index is 1.77. The molecule has 0 aliphatic carbocycles. The van der Waals surface area contributed by atoms with Crippen LogP contribution in [0.4, 0.5) is 0 Å². The van der Waals surface area contributed by atoms with E-state index < -0.39 is 0 Å². The van der Waals surface area contributed by atoms with E-state index in [4.69, 9.17) is 4.74 Å². The van der Waals surface area contributed by atoms with Gasteiger partial charge in [0.15, 0.2) is 5.96 Å². The van der Waals surface area contributed by atoms with Crippen molar-refractivity contribution in [2.75, 3.05) is 20.7 Å². The van der Waals surface area contributed by atoms with Crippen molar-refractivity contribution in [2.24, 2.45) is 4.99 Å². The SMILES string of the molecule is CN=C(NCCc1cccs1)NCc1cccc(COC)c1. The maximum atomic E-state index is 5.16. The highest BCUT2D eigenvalue weighted by atomic mass is 32.1. The zero-order chi connectivity index (χ0) is 15.6. The molecule has 118 valence electrons. The standard InChI is InChI=1S/C17H23N3OS/c1-18-17(19-9-8-16-7-4-10-22-16)20-12-14-5-3-6-15(11-14)13-21-2/h3-7,10-11H,8-9,12-13H2,1-2H3,(H2,18,19,20). The van der Waals surface area contributed by atoms with E-state index in [1.54, 1.807) is 25.5 Å². The molecule has 0 saturated heterocycles. The first kappa shape index (κ1) is 16.5. The monoisotopic (exact) mass is 317 g/mol. The number of hydrogen-bond donors (Lipinski definition) is 2. The second-order valence-electron chi connectivity index (χ2n) is 4.93. The molecule has 0 radical (unpaired) electrons. The summed E-state index contributed by atoms with van der Waals surface area (Å²) in [4.78, 5) is 5.64. The second-order valence-corrected chi connectivity index (χ2v) is 5.97. The highest BCUT2D eigenvalue weighted by molar-refractivity contribution is 7.09. The number of rotatable bonds is 7. The van der Waals surface area contributed by atoms with Crippen LogP contribution in [0.3, 0.4) is 0 Å². The molecule has 5 heteroatoms. The third kappa shape index (κ3) is 5.50. The largest absolute Gasteiger partial charge is 0.380 e. The van der Waals surface area contributed by atoms with Crippen molar-refractivity contribution in [3.8, 4) is 0 Å². The fourth-order valence-corrected chi connectivity index (χ4v) is 2.87. The Morgan fingerprint density at radius 1 is 1.18 bits per heavy atom. The first-order chi connectivity index (χ1) is 10.8. The predicted octanol–water partition coefficient (Wildman–Crippen LogP) is 2.80. The van der Waals surface area contributed by atoms with Gasteiger partial charge in [0.25, 0.3) is 0 Å². The molecule has 0 aliphatic heterocycles. The predicted molar refractivity (Wildman–Crippen MR) is 93.4 cm³/mol. The summed E-state index contributed by atoms with van der Waals surface area (Å²) in [6, 6.07) is 12.6. The van der Waals surface area contributed by atoms with Crippen molar-refractivity contribution in [1.29, 1.82) is 0 Å². The van der Waals surface area contributed by atoms with Crippen LogP contribution in [0.2, 0.25) is 0 Å². The van der Waals surface area contributed by atoms with Crippen LogP contribution in [0.15, 0.2) is 46.8 Å². The van der Waals surface area contributed by atoms with E-state index in [-0.39, 0.29) is 0 Å². The van der Waals surface area contributed by atoms with Gasteiger partial charge < -0.3 is 15.4 Å². The highest BCUT2D eigenvalue weighted by Gasteiger charge is 2.00. The van der Waals surface area contributed by atoms with Crippen molar-refractivity contribution in [3.05, 3.63) is 57.8 Å². The van der Waals surface area contributed by atoms with Crippen LogP contribution in [0.1, 0.15) is 16.0 Å². The van der Waals surface area contributed by atoms with Crippen LogP contribution in [-0.2, 0) is 24.3 Å². The van der Waals surface area contributed by atoms with E-state index in [1.165, 1.54) is 16.0 Å². The summed E-state index contributed by atoms with van der Waals surface area (Å²) in [7, 11) is 3.51. The Kier molecular flexibility index (Phi) is 6.93. The first-order valence-corrected chi connectivity index (χ1v) is 8.23. The minimum Gasteiger partial charge on any atom is -0.380 e. The number of ether oxygens (including phenoxy) is 1. The molecule has 0 unspecified atom stereocenters. The molecule has 2 N–H and O–H groups in total. The minimum absolute atomic E-state index is 0.641. The van der Waals surface area contributed by atoms with E-state index in [9.17, 15) is 0 Å². The third-order valence-corrected chi connectivity index (χ3v) is 4.17. The lowest BCUT2D eigenvalue weighted by Gasteiger charge is -2.12. The molecule has 2 aromatic rings. The van der Waals surface area contributed by atoms with Gasteiger partial charge in [0.1, 0.15) is 0 Å². The quantitative estimate of drug-likeness (QED) is 0.610. The maximum Gasteiger partial charge on any atom is 0.191 e. The molecule has 0 saturated carbocycles. The molecule has 1 heterocycles. The van der Waals surface area contributed by atoms with Gasteiger partial charge in [-0.3, -0.25) is 4.99 Å². The molecule has 0 spiro atoms. The molecule has 2 rings (SSSR count). The molecule has 0 fully saturated rings. The van der Waals surface area contributed by atoms with Gasteiger partial charge in [0, 0.05) is 32.1 Å². The molecule has 1 aromatic heterocycles. The first-order valence-electron chi connectivity index (χ1n) is 7.35. The van der Waals surface area contributed by atoms with Gasteiger partial charge in [-0.2, -0.15) is 0 Å². The second kappa shape index (κ2) is 9.23. The molecule has 22 heavy (non-hydrogen) atoms. The summed E-state index contributed by atoms with van der Waals surface area (Å²) in [5.41, 5.74) is 2.40. The molecule has 0 bridgehead atoms. The Hall–Kier alpha value is -1.85. The molecule has 1 aromatic carbocycles. The van der Waals surface area contributed by atoms with Crippen molar-refractivity contribution >= 4 is 17.3 Å². The third-order valence-electron chi connectivity index (χ3n) is 3.23. The highest BCUT2D eigenvalue weighted by Crippen LogP contribution is 2.08. The summed E-state index contributed by atoms with van der Waals surface area (Å²) in [5, 5.41) is 8.78. The number of hydrogen-bond acceptors (Lipinski definition) is 3. The Morgan fingerprint density at radius 2 is 2.05 bits per heavy atom. The zero-order valence-electron chi connectivity index (χ0n) is 13.1. The minimum atomic E-state index is 0.641. The summed E-state index contributed by atoms with van der Waals surface area (Å²) in [5.74, 6) is 0.828. The molecule has 0 aliphatic rings. The van der Waals surface area contributed by atoms with Gasteiger partial charge in [-0.05, 0) is 29.0 Å². The average Bonchev–Trinajstić information content (AvgIpc) is 3.05. The molecular formula is C17H23N3OS. The normalized spacial score (nSPS) is 11.5. The van der Waals surface area contributed by atoms with Crippen molar-refractivity contribution in [1.82, 2.24) is 10.6 Å². The van der Waals surface area contributed by atoms with E-state index in [0.717, 1.165) is 25.5 Å². The van der Waals surface area contributed by atoms with Crippen LogP contribution in [-0.4, -0.2) is 26.7 Å². The number of nitrogens with one attached hydrogen (secondary N) is 2. The van der Waals surface area contributed by atoms with Crippen molar-refractivity contribution in [2.45, 2.75) is 19.6 Å². The Morgan fingerprint density at radius 3 is 2.77 bits per heavy atom. The molecule has 0 amide bonds. The number of nitrogens with zero attached hydrogens (tertiary/aromatic N) is 1. The van der Waals surface area contributed by atoms with Gasteiger partial charge >= 0.3 is 0 Å². The van der Waals surface area contributed by atoms with Gasteiger partial charge in [0.05, 0.1) is 6.61 Å². The lowest BCUT2D eigenvalue weighted by molar-refractivity contribution is 0.185. The van der Waals surface area contributed by atoms with Crippen LogP contribution < -0.4 is 10.6 Å². The molecule has 4 nitrogen and oxygen atoms in total. The summed E-state index contributed by atoms with van der Waals surface area (Å²) >= 11 is 1.79. The number of benzene rings is 1. The zero-order valence-corrected chi connectivity index (χ0v) is 14.0. The topological polar surface area (TPSA) is 45.7 Å². The summed E-state index contributed by atoms with van der Waals surface area (Å²) in [6.07, 6.45) is 1.02. The van der Waals surface area contributed by atoms with Crippen LogP contribution in [0.25, 0.3) is 0 Å². The number of aliphatic imine (C=N–C) groups is 1. The van der Waals surface area contributed by atoms with Gasteiger partial charge in [-0.25, -0.2) is 0 Å². The number of thiophene rings is 1.